The molecule has 0 saturated carbocycles. The molecule has 1 aromatic rings. The average molecular weight is 287 g/mol. The third-order valence-electron chi connectivity index (χ3n) is 2.13. The molecule has 0 aliphatic carbocycles. The Morgan fingerprint density at radius 3 is 2.55 bits per heavy atom. The summed E-state index contributed by atoms with van der Waals surface area (Å²) in [6.07, 6.45) is 1.39. The monoisotopic (exact) mass is 287 g/mol. The molecule has 0 fully saturated rings. The normalized spacial score (nSPS) is 10.8. The number of aliphatic carboxylic acids is 1. The third kappa shape index (κ3) is 3.57. The van der Waals surface area contributed by atoms with Gasteiger partial charge in [0.2, 0.25) is 0 Å². The lowest BCUT2D eigenvalue weighted by atomic mass is 10.1. The maximum Gasteiger partial charge on any atom is 0.387 e. The summed E-state index contributed by atoms with van der Waals surface area (Å²) in [6, 6.07) is 1.82. The summed E-state index contributed by atoms with van der Waals surface area (Å²) >= 11 is 0. The van der Waals surface area contributed by atoms with E-state index in [0.29, 0.717) is 12.2 Å². The van der Waals surface area contributed by atoms with Crippen LogP contribution < -0.4 is 4.74 Å². The van der Waals surface area contributed by atoms with Crippen molar-refractivity contribution in [1.29, 1.82) is 0 Å². The zero-order valence-electron chi connectivity index (χ0n) is 9.66. The first-order valence-corrected chi connectivity index (χ1v) is 4.99. The third-order valence-corrected chi connectivity index (χ3v) is 2.13. The lowest BCUT2D eigenvalue weighted by Gasteiger charge is -2.10. The van der Waals surface area contributed by atoms with Crippen LogP contribution in [0.15, 0.2) is 18.2 Å². The van der Waals surface area contributed by atoms with E-state index in [2.05, 4.69) is 4.74 Å². The Labute approximate surface area is 110 Å². The van der Waals surface area contributed by atoms with Gasteiger partial charge in [-0.15, -0.1) is 0 Å². The van der Waals surface area contributed by atoms with E-state index >= 15 is 0 Å². The van der Waals surface area contributed by atoms with Crippen LogP contribution in [-0.4, -0.2) is 28.9 Å². The van der Waals surface area contributed by atoms with Crippen molar-refractivity contribution in [3.8, 4) is 5.75 Å². The lowest BCUT2D eigenvalue weighted by molar-refractivity contribution is -0.385. The van der Waals surface area contributed by atoms with Gasteiger partial charge in [-0.1, -0.05) is 0 Å². The van der Waals surface area contributed by atoms with E-state index in [0.717, 1.165) is 12.1 Å². The Morgan fingerprint density at radius 1 is 1.45 bits per heavy atom. The summed E-state index contributed by atoms with van der Waals surface area (Å²) in [7, 11) is 0. The first kappa shape index (κ1) is 15.2. The number of hydrogen-bond donors (Lipinski definition) is 1. The molecule has 0 aliphatic heterocycles. The van der Waals surface area contributed by atoms with Crippen LogP contribution >= 0.6 is 0 Å². The lowest BCUT2D eigenvalue weighted by Crippen LogP contribution is -2.07. The van der Waals surface area contributed by atoms with E-state index in [1.165, 1.54) is 0 Å². The number of carbonyl (C=O) groups is 2. The number of ether oxygens (including phenoxy) is 1. The second-order valence-corrected chi connectivity index (χ2v) is 3.34. The highest BCUT2D eigenvalue weighted by Gasteiger charge is 2.22. The quantitative estimate of drug-likeness (QED) is 0.371. The molecular formula is C11H7F2NO6. The van der Waals surface area contributed by atoms with E-state index in [-0.39, 0.29) is 11.8 Å². The molecule has 1 aromatic carbocycles. The summed E-state index contributed by atoms with van der Waals surface area (Å²) in [5.41, 5.74) is -1.55. The van der Waals surface area contributed by atoms with Gasteiger partial charge in [-0.2, -0.15) is 8.78 Å². The minimum atomic E-state index is -3.33. The molecule has 0 unspecified atom stereocenters. The van der Waals surface area contributed by atoms with E-state index in [4.69, 9.17) is 5.11 Å². The summed E-state index contributed by atoms with van der Waals surface area (Å²) in [4.78, 5) is 31.1. The van der Waals surface area contributed by atoms with Crippen LogP contribution in [0.3, 0.4) is 0 Å². The minimum Gasteiger partial charge on any atom is -0.478 e. The van der Waals surface area contributed by atoms with Crippen molar-refractivity contribution in [2.45, 2.75) is 6.61 Å². The van der Waals surface area contributed by atoms with E-state index in [9.17, 15) is 28.5 Å². The molecule has 0 bridgehead atoms. The number of rotatable bonds is 6. The van der Waals surface area contributed by atoms with Gasteiger partial charge in [0.25, 0.3) is 5.69 Å². The molecule has 9 heteroatoms. The van der Waals surface area contributed by atoms with E-state index in [1.807, 2.05) is 0 Å². The number of alkyl halides is 2. The van der Waals surface area contributed by atoms with Crippen molar-refractivity contribution >= 4 is 24.0 Å². The highest BCUT2D eigenvalue weighted by atomic mass is 19.3. The Kier molecular flexibility index (Phi) is 4.84. The standard InChI is InChI=1S/C11H7F2NO6/c12-11(13)20-10-6(5-15)1-3-8(14(18)19)7(10)2-4-9(16)17/h1-5,11H,(H,16,17)/b4-2+. The zero-order valence-corrected chi connectivity index (χ0v) is 9.66. The van der Waals surface area contributed by atoms with Crippen molar-refractivity contribution in [3.05, 3.63) is 39.4 Å². The molecule has 0 heterocycles. The zero-order chi connectivity index (χ0) is 15.3. The highest BCUT2D eigenvalue weighted by Crippen LogP contribution is 2.33. The molecule has 1 N–H and O–H groups in total. The maximum absolute atomic E-state index is 12.3. The van der Waals surface area contributed by atoms with Crippen LogP contribution in [0.25, 0.3) is 6.08 Å². The van der Waals surface area contributed by atoms with Gasteiger partial charge in [0, 0.05) is 12.1 Å². The molecular weight excluding hydrogens is 280 g/mol. The molecule has 20 heavy (non-hydrogen) atoms. The molecule has 0 radical (unpaired) electrons. The van der Waals surface area contributed by atoms with Gasteiger partial charge in [0.1, 0.15) is 0 Å². The molecule has 0 aromatic heterocycles. The second-order valence-electron chi connectivity index (χ2n) is 3.34. The molecule has 7 nitrogen and oxygen atoms in total. The SMILES string of the molecule is O=Cc1ccc([N+](=O)[O-])c(/C=C/C(=O)O)c1OC(F)F. The van der Waals surface area contributed by atoms with Gasteiger partial charge >= 0.3 is 12.6 Å². The Bertz CT molecular complexity index is 585. The van der Waals surface area contributed by atoms with Crippen LogP contribution in [0, 0.1) is 10.1 Å². The molecule has 1 rings (SSSR count). The summed E-state index contributed by atoms with van der Waals surface area (Å²) in [6.45, 7) is -3.33. The van der Waals surface area contributed by atoms with Crippen LogP contribution in [0.5, 0.6) is 5.75 Å². The van der Waals surface area contributed by atoms with Crippen molar-refractivity contribution in [2.75, 3.05) is 0 Å². The van der Waals surface area contributed by atoms with Crippen molar-refractivity contribution in [3.63, 3.8) is 0 Å². The number of carbonyl (C=O) groups excluding carboxylic acids is 1. The topological polar surface area (TPSA) is 107 Å². The van der Waals surface area contributed by atoms with Gasteiger partial charge in [-0.3, -0.25) is 14.9 Å². The van der Waals surface area contributed by atoms with E-state index in [1.54, 1.807) is 0 Å². The number of hydrogen-bond acceptors (Lipinski definition) is 5. The van der Waals surface area contributed by atoms with Gasteiger partial charge in [0.05, 0.1) is 16.1 Å². The van der Waals surface area contributed by atoms with Gasteiger partial charge in [-0.25, -0.2) is 4.79 Å². The number of aldehydes is 1. The minimum absolute atomic E-state index is 0.166. The Balaban J connectivity index is 3.55. The molecule has 0 saturated heterocycles. The fourth-order valence-corrected chi connectivity index (χ4v) is 1.39. The largest absolute Gasteiger partial charge is 0.478 e. The van der Waals surface area contributed by atoms with Crippen LogP contribution in [0.1, 0.15) is 15.9 Å². The van der Waals surface area contributed by atoms with Crippen molar-refractivity contribution in [2.24, 2.45) is 0 Å². The van der Waals surface area contributed by atoms with Crippen LogP contribution in [0.4, 0.5) is 14.5 Å². The predicted molar refractivity (Wildman–Crippen MR) is 61.8 cm³/mol. The molecule has 0 aliphatic rings. The number of benzene rings is 1. The highest BCUT2D eigenvalue weighted by molar-refractivity contribution is 5.90. The Hall–Kier alpha value is -2.84. The molecule has 0 amide bonds. The number of carboxylic acid groups (broad SMARTS) is 1. The smallest absolute Gasteiger partial charge is 0.387 e. The Morgan fingerprint density at radius 2 is 2.10 bits per heavy atom. The number of nitrogens with zero attached hydrogens (tertiary/aromatic N) is 1. The van der Waals surface area contributed by atoms with Crippen LogP contribution in [-0.2, 0) is 4.79 Å². The summed E-state index contributed by atoms with van der Waals surface area (Å²) in [5.74, 6) is -2.19. The molecule has 0 atom stereocenters. The average Bonchev–Trinajstić information content (AvgIpc) is 2.35. The molecule has 106 valence electrons. The number of carboxylic acids is 1. The van der Waals surface area contributed by atoms with E-state index < -0.39 is 34.5 Å². The first-order chi connectivity index (χ1) is 9.36. The number of nitro groups is 1. The van der Waals surface area contributed by atoms with Gasteiger partial charge in [-0.05, 0) is 12.1 Å². The number of halogens is 2. The maximum atomic E-state index is 12.3. The fourth-order valence-electron chi connectivity index (χ4n) is 1.39. The summed E-state index contributed by atoms with van der Waals surface area (Å²) < 4.78 is 28.7. The van der Waals surface area contributed by atoms with Gasteiger partial charge < -0.3 is 9.84 Å². The second kappa shape index (κ2) is 6.36. The van der Waals surface area contributed by atoms with Crippen molar-refractivity contribution < 1.29 is 33.1 Å². The van der Waals surface area contributed by atoms with Crippen molar-refractivity contribution in [1.82, 2.24) is 0 Å². The van der Waals surface area contributed by atoms with Crippen LogP contribution in [0.2, 0.25) is 0 Å². The van der Waals surface area contributed by atoms with Gasteiger partial charge in [0.15, 0.2) is 12.0 Å². The predicted octanol–water partition coefficient (Wildman–Crippen LogP) is 2.11. The molecule has 0 spiro atoms. The summed E-state index contributed by atoms with van der Waals surface area (Å²) in [5, 5.41) is 19.3. The number of nitro benzene ring substituents is 1. The first-order valence-electron chi connectivity index (χ1n) is 4.99. The fraction of sp³-hybridized carbons (Fsp3) is 0.0909.